The Balaban J connectivity index is 2.34. The van der Waals surface area contributed by atoms with E-state index in [0.29, 0.717) is 16.6 Å². The molecule has 106 valence electrons. The highest BCUT2D eigenvalue weighted by Gasteiger charge is 2.09. The molecule has 0 amide bonds. The van der Waals surface area contributed by atoms with Gasteiger partial charge in [0.2, 0.25) is 0 Å². The third kappa shape index (κ3) is 5.09. The molecule has 0 aliphatic heterocycles. The lowest BCUT2D eigenvalue weighted by molar-refractivity contribution is 0.295. The lowest BCUT2D eigenvalue weighted by atomic mass is 10.2. The second-order valence-electron chi connectivity index (χ2n) is 4.72. The molecule has 0 bridgehead atoms. The predicted octanol–water partition coefficient (Wildman–Crippen LogP) is 3.12. The Morgan fingerprint density at radius 3 is 2.68 bits per heavy atom. The van der Waals surface area contributed by atoms with Gasteiger partial charge in [0, 0.05) is 6.04 Å². The van der Waals surface area contributed by atoms with Crippen LogP contribution in [0.15, 0.2) is 6.07 Å². The van der Waals surface area contributed by atoms with E-state index in [1.54, 1.807) is 0 Å². The van der Waals surface area contributed by atoms with Crippen LogP contribution in [0.4, 0.5) is 10.7 Å². The van der Waals surface area contributed by atoms with E-state index in [2.05, 4.69) is 37.1 Å². The van der Waals surface area contributed by atoms with Crippen LogP contribution in [0.3, 0.4) is 0 Å². The third-order valence-electron chi connectivity index (χ3n) is 3.26. The molecular weight excluding hydrogens is 256 g/mol. The van der Waals surface area contributed by atoms with Crippen LogP contribution in [0.2, 0.25) is 0 Å². The number of anilines is 2. The SMILES string of the molecule is CCN(CC)CCCC(C)Nc1cc(N)c(C#N)s1. The van der Waals surface area contributed by atoms with Crippen molar-refractivity contribution in [1.82, 2.24) is 4.90 Å². The molecular formula is C14H24N4S. The third-order valence-corrected chi connectivity index (χ3v) is 4.24. The van der Waals surface area contributed by atoms with Gasteiger partial charge in [0.05, 0.1) is 10.7 Å². The van der Waals surface area contributed by atoms with Crippen molar-refractivity contribution in [3.8, 4) is 6.07 Å². The summed E-state index contributed by atoms with van der Waals surface area (Å²) in [6, 6.07) is 4.36. The summed E-state index contributed by atoms with van der Waals surface area (Å²) >= 11 is 1.43. The summed E-state index contributed by atoms with van der Waals surface area (Å²) in [7, 11) is 0. The van der Waals surface area contributed by atoms with Crippen molar-refractivity contribution in [3.05, 3.63) is 10.9 Å². The van der Waals surface area contributed by atoms with Crippen LogP contribution in [-0.2, 0) is 0 Å². The second-order valence-corrected chi connectivity index (χ2v) is 5.77. The Labute approximate surface area is 120 Å². The zero-order valence-corrected chi connectivity index (χ0v) is 12.9. The average molecular weight is 280 g/mol. The van der Waals surface area contributed by atoms with Crippen molar-refractivity contribution >= 4 is 22.0 Å². The van der Waals surface area contributed by atoms with Crippen LogP contribution in [0.5, 0.6) is 0 Å². The van der Waals surface area contributed by atoms with Gasteiger partial charge < -0.3 is 16.0 Å². The van der Waals surface area contributed by atoms with Crippen molar-refractivity contribution in [3.63, 3.8) is 0 Å². The van der Waals surface area contributed by atoms with Crippen molar-refractivity contribution in [2.24, 2.45) is 0 Å². The zero-order valence-electron chi connectivity index (χ0n) is 12.1. The molecule has 0 aromatic carbocycles. The molecule has 5 heteroatoms. The molecule has 1 atom stereocenters. The van der Waals surface area contributed by atoms with Crippen LogP contribution in [0, 0.1) is 11.3 Å². The van der Waals surface area contributed by atoms with Crippen molar-refractivity contribution in [2.45, 2.75) is 39.7 Å². The summed E-state index contributed by atoms with van der Waals surface area (Å²) in [5.41, 5.74) is 6.32. The number of nitrogens with one attached hydrogen (secondary N) is 1. The Morgan fingerprint density at radius 1 is 1.47 bits per heavy atom. The molecule has 1 aromatic rings. The Bertz CT molecular complexity index is 418. The number of rotatable bonds is 8. The number of hydrogen-bond donors (Lipinski definition) is 2. The minimum atomic E-state index is 0.403. The monoisotopic (exact) mass is 280 g/mol. The zero-order chi connectivity index (χ0) is 14.3. The minimum Gasteiger partial charge on any atom is -0.397 e. The topological polar surface area (TPSA) is 65.1 Å². The maximum Gasteiger partial charge on any atom is 0.129 e. The van der Waals surface area contributed by atoms with Crippen LogP contribution in [-0.4, -0.2) is 30.6 Å². The Hall–Kier alpha value is -1.25. The van der Waals surface area contributed by atoms with Crippen LogP contribution >= 0.6 is 11.3 Å². The number of nitrogens with two attached hydrogens (primary N) is 1. The molecule has 19 heavy (non-hydrogen) atoms. The summed E-state index contributed by atoms with van der Waals surface area (Å²) in [5, 5.41) is 13.3. The van der Waals surface area contributed by atoms with E-state index in [0.717, 1.165) is 31.1 Å². The van der Waals surface area contributed by atoms with Gasteiger partial charge in [-0.3, -0.25) is 0 Å². The molecule has 0 aliphatic rings. The first kappa shape index (κ1) is 15.8. The molecule has 4 nitrogen and oxygen atoms in total. The summed E-state index contributed by atoms with van der Waals surface area (Å²) in [4.78, 5) is 3.03. The van der Waals surface area contributed by atoms with Crippen molar-refractivity contribution in [2.75, 3.05) is 30.7 Å². The standard InChI is InChI=1S/C14H24N4S/c1-4-18(5-2)8-6-7-11(3)17-14-9-12(16)13(10-15)19-14/h9,11,17H,4-8,16H2,1-3H3. The van der Waals surface area contributed by atoms with Gasteiger partial charge in [-0.2, -0.15) is 5.26 Å². The van der Waals surface area contributed by atoms with Gasteiger partial charge in [0.15, 0.2) is 0 Å². The van der Waals surface area contributed by atoms with E-state index in [1.165, 1.54) is 17.8 Å². The quantitative estimate of drug-likeness (QED) is 0.768. The number of thiophene rings is 1. The fraction of sp³-hybridized carbons (Fsp3) is 0.643. The van der Waals surface area contributed by atoms with Gasteiger partial charge in [-0.15, -0.1) is 11.3 Å². The molecule has 1 rings (SSSR count). The van der Waals surface area contributed by atoms with E-state index >= 15 is 0 Å². The van der Waals surface area contributed by atoms with Crippen LogP contribution < -0.4 is 11.1 Å². The van der Waals surface area contributed by atoms with Gasteiger partial charge in [-0.1, -0.05) is 13.8 Å². The van der Waals surface area contributed by atoms with Crippen LogP contribution in [0.25, 0.3) is 0 Å². The largest absolute Gasteiger partial charge is 0.397 e. The molecule has 0 aliphatic carbocycles. The normalized spacial score (nSPS) is 12.4. The van der Waals surface area contributed by atoms with Crippen molar-refractivity contribution in [1.29, 1.82) is 5.26 Å². The maximum absolute atomic E-state index is 8.87. The summed E-state index contributed by atoms with van der Waals surface area (Å²) in [6.07, 6.45) is 2.30. The molecule has 3 N–H and O–H groups in total. The van der Waals surface area contributed by atoms with Gasteiger partial charge >= 0.3 is 0 Å². The summed E-state index contributed by atoms with van der Waals surface area (Å²) in [5.74, 6) is 0. The van der Waals surface area contributed by atoms with Gasteiger partial charge in [0.1, 0.15) is 10.9 Å². The van der Waals surface area contributed by atoms with E-state index in [1.807, 2.05) is 6.07 Å². The first-order chi connectivity index (χ1) is 9.10. The molecule has 0 radical (unpaired) electrons. The summed E-state index contributed by atoms with van der Waals surface area (Å²) in [6.45, 7) is 9.95. The Kier molecular flexibility index (Phi) is 6.68. The van der Waals surface area contributed by atoms with E-state index < -0.39 is 0 Å². The van der Waals surface area contributed by atoms with E-state index in [-0.39, 0.29) is 0 Å². The first-order valence-corrected chi connectivity index (χ1v) is 7.70. The number of nitrogen functional groups attached to an aromatic ring is 1. The highest BCUT2D eigenvalue weighted by atomic mass is 32.1. The van der Waals surface area contributed by atoms with E-state index in [9.17, 15) is 0 Å². The average Bonchev–Trinajstić information content (AvgIpc) is 2.74. The molecule has 0 fully saturated rings. The number of hydrogen-bond acceptors (Lipinski definition) is 5. The molecule has 1 unspecified atom stereocenters. The second kappa shape index (κ2) is 8.03. The number of nitriles is 1. The van der Waals surface area contributed by atoms with Gasteiger partial charge in [0.25, 0.3) is 0 Å². The molecule has 1 aromatic heterocycles. The lowest BCUT2D eigenvalue weighted by Gasteiger charge is -2.19. The summed E-state index contributed by atoms with van der Waals surface area (Å²) < 4.78 is 0. The van der Waals surface area contributed by atoms with E-state index in [4.69, 9.17) is 11.0 Å². The maximum atomic E-state index is 8.87. The Morgan fingerprint density at radius 2 is 2.16 bits per heavy atom. The van der Waals surface area contributed by atoms with Gasteiger partial charge in [-0.05, 0) is 45.5 Å². The lowest BCUT2D eigenvalue weighted by Crippen LogP contribution is -2.25. The fourth-order valence-electron chi connectivity index (χ4n) is 2.04. The molecule has 0 saturated heterocycles. The van der Waals surface area contributed by atoms with Crippen LogP contribution in [0.1, 0.15) is 38.5 Å². The molecule has 0 spiro atoms. The minimum absolute atomic E-state index is 0.403. The highest BCUT2D eigenvalue weighted by Crippen LogP contribution is 2.29. The predicted molar refractivity (Wildman–Crippen MR) is 83.6 cm³/mol. The van der Waals surface area contributed by atoms with Crippen molar-refractivity contribution < 1.29 is 0 Å². The molecule has 0 saturated carbocycles. The molecule has 1 heterocycles. The first-order valence-electron chi connectivity index (χ1n) is 6.89. The fourth-order valence-corrected chi connectivity index (χ4v) is 2.93. The highest BCUT2D eigenvalue weighted by molar-refractivity contribution is 7.17. The smallest absolute Gasteiger partial charge is 0.129 e. The number of nitrogens with zero attached hydrogens (tertiary/aromatic N) is 2. The van der Waals surface area contributed by atoms with Gasteiger partial charge in [-0.25, -0.2) is 0 Å².